The molecule has 6 heteroatoms. The number of carboxylic acid groups (broad SMARTS) is 1. The molecule has 154 valence electrons. The predicted octanol–water partition coefficient (Wildman–Crippen LogP) is 3.49. The van der Waals surface area contributed by atoms with Crippen LogP contribution in [0, 0.1) is 0 Å². The number of hydrogen-bond donors (Lipinski definition) is 3. The standard InChI is InChI=1S/C23H28N2O4/c26-21(25-14-11-17(15-25)24-22(27)28)20(23(29)12-4-1-5-13-23)19-10-6-8-16-7-2-3-9-18(16)19/h2-3,6-10,17,20,24,29H,1,4-5,11-15H2,(H,27,28). The summed E-state index contributed by atoms with van der Waals surface area (Å²) in [5.41, 5.74) is -0.204. The minimum absolute atomic E-state index is 0.0968. The van der Waals surface area contributed by atoms with E-state index in [1.165, 1.54) is 0 Å². The van der Waals surface area contributed by atoms with Gasteiger partial charge in [0.25, 0.3) is 0 Å². The van der Waals surface area contributed by atoms with Gasteiger partial charge < -0.3 is 20.4 Å². The Kier molecular flexibility index (Phi) is 5.46. The molecular formula is C23H28N2O4. The summed E-state index contributed by atoms with van der Waals surface area (Å²) in [6.45, 7) is 0.851. The Morgan fingerprint density at radius 2 is 1.79 bits per heavy atom. The highest BCUT2D eigenvalue weighted by Gasteiger charge is 2.46. The highest BCUT2D eigenvalue weighted by atomic mass is 16.4. The van der Waals surface area contributed by atoms with E-state index in [-0.39, 0.29) is 11.9 Å². The van der Waals surface area contributed by atoms with Crippen LogP contribution >= 0.6 is 0 Å². The van der Waals surface area contributed by atoms with Crippen LogP contribution in [-0.2, 0) is 4.79 Å². The van der Waals surface area contributed by atoms with E-state index in [1.807, 2.05) is 42.5 Å². The van der Waals surface area contributed by atoms with Gasteiger partial charge in [0, 0.05) is 13.1 Å². The fourth-order valence-electron chi connectivity index (χ4n) is 5.04. The molecule has 0 radical (unpaired) electrons. The normalized spacial score (nSPS) is 22.4. The maximum absolute atomic E-state index is 13.7. The first-order chi connectivity index (χ1) is 14.0. The van der Waals surface area contributed by atoms with E-state index < -0.39 is 17.6 Å². The van der Waals surface area contributed by atoms with Crippen LogP contribution in [0.25, 0.3) is 10.8 Å². The molecule has 0 spiro atoms. The average Bonchev–Trinajstić information content (AvgIpc) is 3.16. The summed E-state index contributed by atoms with van der Waals surface area (Å²) >= 11 is 0. The SMILES string of the molecule is O=C(O)NC1CCN(C(=O)C(c2cccc3ccccc23)C2(O)CCCCC2)C1. The Hall–Kier alpha value is -2.60. The maximum atomic E-state index is 13.7. The number of carbonyl (C=O) groups excluding carboxylic acids is 1. The number of hydrogen-bond acceptors (Lipinski definition) is 3. The second-order valence-corrected chi connectivity index (χ2v) is 8.38. The van der Waals surface area contributed by atoms with Gasteiger partial charge in [-0.2, -0.15) is 0 Å². The van der Waals surface area contributed by atoms with Crippen molar-refractivity contribution in [1.29, 1.82) is 0 Å². The number of nitrogens with zero attached hydrogens (tertiary/aromatic N) is 1. The zero-order valence-electron chi connectivity index (χ0n) is 16.5. The van der Waals surface area contributed by atoms with Crippen LogP contribution < -0.4 is 5.32 Å². The average molecular weight is 396 g/mol. The lowest BCUT2D eigenvalue weighted by Crippen LogP contribution is -2.48. The van der Waals surface area contributed by atoms with E-state index in [2.05, 4.69) is 5.32 Å². The second kappa shape index (κ2) is 8.03. The molecule has 2 atom stereocenters. The third-order valence-corrected chi connectivity index (χ3v) is 6.47. The smallest absolute Gasteiger partial charge is 0.404 e. The third kappa shape index (κ3) is 3.94. The molecule has 2 aromatic rings. The number of likely N-dealkylation sites (tertiary alicyclic amines) is 1. The Morgan fingerprint density at radius 3 is 2.55 bits per heavy atom. The molecule has 29 heavy (non-hydrogen) atoms. The van der Waals surface area contributed by atoms with Gasteiger partial charge in [0.15, 0.2) is 0 Å². The van der Waals surface area contributed by atoms with Gasteiger partial charge >= 0.3 is 6.09 Å². The van der Waals surface area contributed by atoms with Crippen molar-refractivity contribution in [2.24, 2.45) is 0 Å². The minimum Gasteiger partial charge on any atom is -0.465 e. The first-order valence-corrected chi connectivity index (χ1v) is 10.5. The fourth-order valence-corrected chi connectivity index (χ4v) is 5.04. The predicted molar refractivity (Wildman–Crippen MR) is 111 cm³/mol. The molecular weight excluding hydrogens is 368 g/mol. The van der Waals surface area contributed by atoms with E-state index in [0.29, 0.717) is 32.4 Å². The lowest BCUT2D eigenvalue weighted by Gasteiger charge is -2.40. The quantitative estimate of drug-likeness (QED) is 0.738. The highest BCUT2D eigenvalue weighted by Crippen LogP contribution is 2.43. The van der Waals surface area contributed by atoms with Gasteiger partial charge in [-0.05, 0) is 35.6 Å². The molecule has 2 aliphatic rings. The minimum atomic E-state index is -1.07. The van der Waals surface area contributed by atoms with Crippen LogP contribution in [0.4, 0.5) is 4.79 Å². The van der Waals surface area contributed by atoms with Crippen LogP contribution in [0.5, 0.6) is 0 Å². The molecule has 1 aliphatic carbocycles. The molecule has 2 aromatic carbocycles. The zero-order valence-corrected chi connectivity index (χ0v) is 16.5. The van der Waals surface area contributed by atoms with Crippen molar-refractivity contribution in [1.82, 2.24) is 10.2 Å². The Labute approximate surface area is 170 Å². The van der Waals surface area contributed by atoms with Gasteiger partial charge in [-0.15, -0.1) is 0 Å². The Morgan fingerprint density at radius 1 is 1.07 bits per heavy atom. The first kappa shape index (κ1) is 19.7. The Bertz CT molecular complexity index is 901. The molecule has 0 bridgehead atoms. The molecule has 1 heterocycles. The van der Waals surface area contributed by atoms with E-state index >= 15 is 0 Å². The maximum Gasteiger partial charge on any atom is 0.404 e. The van der Waals surface area contributed by atoms with Gasteiger partial charge in [-0.25, -0.2) is 4.79 Å². The molecule has 0 aromatic heterocycles. The summed E-state index contributed by atoms with van der Waals surface area (Å²) in [5.74, 6) is -0.738. The van der Waals surface area contributed by atoms with Crippen molar-refractivity contribution >= 4 is 22.8 Å². The lowest BCUT2D eigenvalue weighted by atomic mass is 9.71. The third-order valence-electron chi connectivity index (χ3n) is 6.47. The van der Waals surface area contributed by atoms with E-state index in [0.717, 1.165) is 35.6 Å². The van der Waals surface area contributed by atoms with Gasteiger partial charge in [0.1, 0.15) is 0 Å². The number of nitrogens with one attached hydrogen (secondary N) is 1. The molecule has 2 amide bonds. The first-order valence-electron chi connectivity index (χ1n) is 10.5. The van der Waals surface area contributed by atoms with Crippen molar-refractivity contribution < 1.29 is 19.8 Å². The molecule has 1 saturated carbocycles. The van der Waals surface area contributed by atoms with Crippen molar-refractivity contribution in [3.63, 3.8) is 0 Å². The van der Waals surface area contributed by atoms with Crippen molar-refractivity contribution in [3.8, 4) is 0 Å². The van der Waals surface area contributed by atoms with Crippen molar-refractivity contribution in [2.45, 2.75) is 56.1 Å². The second-order valence-electron chi connectivity index (χ2n) is 8.38. The summed E-state index contributed by atoms with van der Waals surface area (Å²) in [6.07, 6.45) is 3.64. The number of fused-ring (bicyclic) bond motifs is 1. The van der Waals surface area contributed by atoms with E-state index in [9.17, 15) is 14.7 Å². The number of carbonyl (C=O) groups is 2. The summed E-state index contributed by atoms with van der Waals surface area (Å²) in [7, 11) is 0. The van der Waals surface area contributed by atoms with Crippen LogP contribution in [-0.4, -0.2) is 51.8 Å². The molecule has 1 aliphatic heterocycles. The largest absolute Gasteiger partial charge is 0.465 e. The number of rotatable bonds is 4. The number of aliphatic hydroxyl groups is 1. The molecule has 6 nitrogen and oxygen atoms in total. The zero-order chi connectivity index (χ0) is 20.4. The molecule has 2 fully saturated rings. The van der Waals surface area contributed by atoms with Crippen molar-refractivity contribution in [2.75, 3.05) is 13.1 Å². The summed E-state index contributed by atoms with van der Waals surface area (Å²) < 4.78 is 0. The number of benzene rings is 2. The lowest BCUT2D eigenvalue weighted by molar-refractivity contribution is -0.140. The highest BCUT2D eigenvalue weighted by molar-refractivity contribution is 5.94. The number of amides is 2. The van der Waals surface area contributed by atoms with Crippen LogP contribution in [0.1, 0.15) is 50.0 Å². The van der Waals surface area contributed by atoms with E-state index in [4.69, 9.17) is 5.11 Å². The van der Waals surface area contributed by atoms with Gasteiger partial charge in [0.2, 0.25) is 5.91 Å². The monoisotopic (exact) mass is 396 g/mol. The van der Waals surface area contributed by atoms with Gasteiger partial charge in [-0.3, -0.25) is 4.79 Å². The van der Waals surface area contributed by atoms with Gasteiger partial charge in [0.05, 0.1) is 17.6 Å². The molecule has 3 N–H and O–H groups in total. The van der Waals surface area contributed by atoms with Crippen LogP contribution in [0.15, 0.2) is 42.5 Å². The van der Waals surface area contributed by atoms with Crippen LogP contribution in [0.2, 0.25) is 0 Å². The van der Waals surface area contributed by atoms with E-state index in [1.54, 1.807) is 4.90 Å². The molecule has 1 saturated heterocycles. The summed E-state index contributed by atoms with van der Waals surface area (Å²) in [6, 6.07) is 13.6. The Balaban J connectivity index is 1.71. The topological polar surface area (TPSA) is 89.9 Å². The van der Waals surface area contributed by atoms with Gasteiger partial charge in [-0.1, -0.05) is 61.7 Å². The van der Waals surface area contributed by atoms with Crippen LogP contribution in [0.3, 0.4) is 0 Å². The molecule has 2 unspecified atom stereocenters. The molecule has 4 rings (SSSR count). The summed E-state index contributed by atoms with van der Waals surface area (Å²) in [4.78, 5) is 26.4. The van der Waals surface area contributed by atoms with Crippen molar-refractivity contribution in [3.05, 3.63) is 48.0 Å². The summed E-state index contributed by atoms with van der Waals surface area (Å²) in [5, 5.41) is 25.2. The fraction of sp³-hybridized carbons (Fsp3) is 0.478.